The number of rotatable bonds is 6. The van der Waals surface area contributed by atoms with Crippen LogP contribution in [0.2, 0.25) is 0 Å². The number of ether oxygens (including phenoxy) is 1. The largest absolute Gasteiger partial charge is 0.496 e. The number of methoxy groups -OCH3 is 1. The highest BCUT2D eigenvalue weighted by Crippen LogP contribution is 2.34. The molecule has 2 atom stereocenters. The molecule has 0 unspecified atom stereocenters. The Morgan fingerprint density at radius 1 is 1.20 bits per heavy atom. The smallest absolute Gasteiger partial charge is 0.159 e. The average molecular weight is 406 g/mol. The van der Waals surface area contributed by atoms with Gasteiger partial charge in [-0.25, -0.2) is 14.6 Å². The first kappa shape index (κ1) is 20.1. The Balaban J connectivity index is 1.86. The van der Waals surface area contributed by atoms with Crippen LogP contribution in [0.15, 0.2) is 42.9 Å². The molecule has 0 saturated heterocycles. The van der Waals surface area contributed by atoms with Gasteiger partial charge in [-0.1, -0.05) is 6.92 Å². The van der Waals surface area contributed by atoms with E-state index in [-0.39, 0.29) is 6.04 Å². The number of aryl methyl sites for hydroxylation is 2. The third-order valence-electron chi connectivity index (χ3n) is 5.54. The van der Waals surface area contributed by atoms with Crippen LogP contribution in [0.1, 0.15) is 37.6 Å². The van der Waals surface area contributed by atoms with E-state index in [1.54, 1.807) is 18.0 Å². The molecule has 3 heterocycles. The third-order valence-corrected chi connectivity index (χ3v) is 5.54. The number of aromatic nitrogens is 5. The number of hydrogen-bond acceptors (Lipinski definition) is 5. The summed E-state index contributed by atoms with van der Waals surface area (Å²) in [6.07, 6.45) is 6.01. The average Bonchev–Trinajstić information content (AvgIpc) is 3.36. The molecule has 7 heteroatoms. The van der Waals surface area contributed by atoms with Crippen LogP contribution in [0, 0.1) is 13.8 Å². The number of benzene rings is 1. The molecule has 4 rings (SSSR count). The second kappa shape index (κ2) is 7.91. The van der Waals surface area contributed by atoms with Crippen LogP contribution in [0.3, 0.4) is 0 Å². The fraction of sp³-hybridized carbons (Fsp3) is 0.348. The molecule has 0 aliphatic carbocycles. The summed E-state index contributed by atoms with van der Waals surface area (Å²) >= 11 is 0. The molecular weight excluding hydrogens is 378 g/mol. The molecule has 1 aromatic carbocycles. The molecule has 3 aromatic heterocycles. The van der Waals surface area contributed by atoms with E-state index in [1.165, 1.54) is 0 Å². The summed E-state index contributed by atoms with van der Waals surface area (Å²) in [5.74, 6) is 0.715. The Hall–Kier alpha value is -3.19. The van der Waals surface area contributed by atoms with Crippen LogP contribution in [-0.2, 0) is 0 Å². The molecule has 0 fully saturated rings. The van der Waals surface area contributed by atoms with Crippen molar-refractivity contribution >= 4 is 11.2 Å². The van der Waals surface area contributed by atoms with Gasteiger partial charge in [0.15, 0.2) is 5.65 Å². The second-order valence-electron chi connectivity index (χ2n) is 7.60. The minimum Gasteiger partial charge on any atom is -0.496 e. The fourth-order valence-corrected chi connectivity index (χ4v) is 4.00. The Morgan fingerprint density at radius 3 is 2.63 bits per heavy atom. The van der Waals surface area contributed by atoms with E-state index in [9.17, 15) is 5.11 Å². The molecule has 0 aliphatic rings. The summed E-state index contributed by atoms with van der Waals surface area (Å²) in [7, 11) is 1.66. The molecule has 0 spiro atoms. The van der Waals surface area contributed by atoms with Gasteiger partial charge in [-0.3, -0.25) is 0 Å². The van der Waals surface area contributed by atoms with Crippen LogP contribution >= 0.6 is 0 Å². The van der Waals surface area contributed by atoms with Crippen molar-refractivity contribution in [2.24, 2.45) is 0 Å². The molecule has 1 N–H and O–H groups in total. The number of aliphatic hydroxyl groups is 1. The maximum Gasteiger partial charge on any atom is 0.159 e. The van der Waals surface area contributed by atoms with Crippen molar-refractivity contribution in [1.82, 2.24) is 24.3 Å². The Morgan fingerprint density at radius 2 is 2.00 bits per heavy atom. The van der Waals surface area contributed by atoms with Gasteiger partial charge in [0.2, 0.25) is 0 Å². The molecule has 7 nitrogen and oxygen atoms in total. The Bertz CT molecular complexity index is 1180. The van der Waals surface area contributed by atoms with Crippen LogP contribution in [0.4, 0.5) is 0 Å². The molecule has 0 radical (unpaired) electrons. The second-order valence-corrected chi connectivity index (χ2v) is 7.60. The number of aliphatic hydroxyl groups excluding tert-OH is 1. The maximum atomic E-state index is 10.2. The van der Waals surface area contributed by atoms with E-state index < -0.39 is 6.10 Å². The summed E-state index contributed by atoms with van der Waals surface area (Å²) < 4.78 is 9.52. The van der Waals surface area contributed by atoms with Gasteiger partial charge >= 0.3 is 0 Å². The van der Waals surface area contributed by atoms with E-state index in [4.69, 9.17) is 14.7 Å². The van der Waals surface area contributed by atoms with Crippen molar-refractivity contribution in [3.8, 4) is 22.7 Å². The van der Waals surface area contributed by atoms with E-state index in [0.717, 1.165) is 45.8 Å². The highest BCUT2D eigenvalue weighted by molar-refractivity contribution is 5.81. The lowest BCUT2D eigenvalue weighted by molar-refractivity contribution is 0.129. The third kappa shape index (κ3) is 3.35. The maximum absolute atomic E-state index is 10.2. The summed E-state index contributed by atoms with van der Waals surface area (Å²) in [4.78, 5) is 9.86. The first-order chi connectivity index (χ1) is 14.4. The quantitative estimate of drug-likeness (QED) is 0.519. The SMILES string of the molecule is CC[C@@H]([C@H](C)O)n1cc(C)c2nc(-c3ccc(-n4cccn4)cc3OC)c(C)nc21. The lowest BCUT2D eigenvalue weighted by Gasteiger charge is -2.21. The lowest BCUT2D eigenvalue weighted by atomic mass is 10.1. The summed E-state index contributed by atoms with van der Waals surface area (Å²) in [5.41, 5.74) is 6.07. The molecule has 156 valence electrons. The van der Waals surface area contributed by atoms with Gasteiger partial charge in [0.1, 0.15) is 11.3 Å². The zero-order valence-corrected chi connectivity index (χ0v) is 18.0. The van der Waals surface area contributed by atoms with Crippen LogP contribution in [0.25, 0.3) is 28.1 Å². The topological polar surface area (TPSA) is 78.0 Å². The molecule has 30 heavy (non-hydrogen) atoms. The van der Waals surface area contributed by atoms with Crippen molar-refractivity contribution < 1.29 is 9.84 Å². The number of hydrogen-bond donors (Lipinski definition) is 1. The summed E-state index contributed by atoms with van der Waals surface area (Å²) in [6, 6.07) is 7.79. The Labute approximate surface area is 176 Å². The van der Waals surface area contributed by atoms with Crippen molar-refractivity contribution in [2.45, 2.75) is 46.3 Å². The van der Waals surface area contributed by atoms with Crippen molar-refractivity contribution in [1.29, 1.82) is 0 Å². The van der Waals surface area contributed by atoms with Gasteiger partial charge in [0, 0.05) is 30.2 Å². The van der Waals surface area contributed by atoms with Crippen molar-refractivity contribution in [2.75, 3.05) is 7.11 Å². The standard InChI is InChI=1S/C23H27N5O2/c1-6-19(16(4)29)27-13-14(2)21-23(27)25-15(3)22(26-21)18-9-8-17(12-20(18)30-5)28-11-7-10-24-28/h7-13,16,19,29H,6H2,1-5H3/t16-,19-/m0/s1. The predicted molar refractivity (Wildman–Crippen MR) is 117 cm³/mol. The summed E-state index contributed by atoms with van der Waals surface area (Å²) in [6.45, 7) is 7.87. The number of fused-ring (bicyclic) bond motifs is 1. The van der Waals surface area contributed by atoms with Gasteiger partial charge < -0.3 is 14.4 Å². The van der Waals surface area contributed by atoms with Gasteiger partial charge in [-0.15, -0.1) is 0 Å². The van der Waals surface area contributed by atoms with Crippen molar-refractivity contribution in [3.63, 3.8) is 0 Å². The molecule has 0 bridgehead atoms. The van der Waals surface area contributed by atoms with Gasteiger partial charge in [-0.2, -0.15) is 5.10 Å². The van der Waals surface area contributed by atoms with Crippen LogP contribution < -0.4 is 4.74 Å². The van der Waals surface area contributed by atoms with E-state index in [0.29, 0.717) is 5.75 Å². The molecule has 0 amide bonds. The minimum absolute atomic E-state index is 0.0383. The van der Waals surface area contributed by atoms with Gasteiger partial charge in [-0.05, 0) is 51.0 Å². The minimum atomic E-state index is -0.471. The highest BCUT2D eigenvalue weighted by atomic mass is 16.5. The zero-order chi connectivity index (χ0) is 21.4. The molecule has 4 aromatic rings. The van der Waals surface area contributed by atoms with E-state index in [2.05, 4.69) is 16.6 Å². The predicted octanol–water partition coefficient (Wildman–Crippen LogP) is 4.24. The van der Waals surface area contributed by atoms with Crippen LogP contribution in [-0.4, -0.2) is 42.6 Å². The molecule has 0 aliphatic heterocycles. The molecule has 0 saturated carbocycles. The van der Waals surface area contributed by atoms with Crippen LogP contribution in [0.5, 0.6) is 5.75 Å². The fourth-order valence-electron chi connectivity index (χ4n) is 4.00. The van der Waals surface area contributed by atoms with Gasteiger partial charge in [0.25, 0.3) is 0 Å². The van der Waals surface area contributed by atoms with Crippen molar-refractivity contribution in [3.05, 3.63) is 54.1 Å². The van der Waals surface area contributed by atoms with E-state index >= 15 is 0 Å². The zero-order valence-electron chi connectivity index (χ0n) is 18.0. The number of nitrogens with zero attached hydrogens (tertiary/aromatic N) is 5. The first-order valence-corrected chi connectivity index (χ1v) is 10.2. The monoisotopic (exact) mass is 405 g/mol. The molecular formula is C23H27N5O2. The Kier molecular flexibility index (Phi) is 5.30. The highest BCUT2D eigenvalue weighted by Gasteiger charge is 2.22. The van der Waals surface area contributed by atoms with E-state index in [1.807, 2.05) is 57.4 Å². The lowest BCUT2D eigenvalue weighted by Crippen LogP contribution is -2.20. The normalized spacial score (nSPS) is 13.5. The summed E-state index contributed by atoms with van der Waals surface area (Å²) in [5, 5.41) is 14.5. The first-order valence-electron chi connectivity index (χ1n) is 10.2. The van der Waals surface area contributed by atoms with Gasteiger partial charge in [0.05, 0.1) is 36.3 Å².